The second-order valence-corrected chi connectivity index (χ2v) is 7.37. The molecular weight excluding hydrogens is 614 g/mol. The minimum Gasteiger partial charge on any atom is -1.00 e. The van der Waals surface area contributed by atoms with Crippen molar-refractivity contribution in [1.82, 2.24) is 57.3 Å². The summed E-state index contributed by atoms with van der Waals surface area (Å²) >= 11 is 0. The monoisotopic (exact) mass is 653 g/mol. The summed E-state index contributed by atoms with van der Waals surface area (Å²) in [5, 5.41) is 0. The van der Waals surface area contributed by atoms with Crippen LogP contribution < -0.4 is 24.8 Å². The molecule has 229 valence electrons. The minimum atomic E-state index is 0. The summed E-state index contributed by atoms with van der Waals surface area (Å²) in [7, 11) is 11.6. The quantitative estimate of drug-likeness (QED) is 0.148. The summed E-state index contributed by atoms with van der Waals surface area (Å²) in [4.78, 5) is 22.7. The number of aromatic nitrogens is 12. The van der Waals surface area contributed by atoms with Crippen molar-refractivity contribution in [2.24, 2.45) is 42.3 Å². The van der Waals surface area contributed by atoms with Crippen LogP contribution in [0.15, 0.2) is 112 Å². The molecule has 6 aromatic rings. The maximum atomic E-state index is 3.78. The van der Waals surface area contributed by atoms with Crippen LogP contribution in [-0.2, 0) is 59.4 Å². The molecule has 0 aliphatic heterocycles. The van der Waals surface area contributed by atoms with Crippen LogP contribution in [-0.4, -0.2) is 68.3 Å². The molecule has 17 heteroatoms. The van der Waals surface area contributed by atoms with E-state index in [0.717, 1.165) is 0 Å². The molecule has 0 atom stereocenters. The standard InChI is InChI=1S/6C4H6N2.2ClH.Mn.2H2O/c6*1-6-3-2-5-4-6;;;;;/h6*2-4H,1H3;2*1H;;2*1H2/q;;;;;;;;+2;;/p-2. The number of imidazole rings is 6. The largest absolute Gasteiger partial charge is 2.00 e. The SMILES string of the molecule is Cn1ccnc1.Cn1ccnc1.Cn1ccnc1.Cn1ccnc1.Cn1ccnc1.Cn1ccnc1.O.O.[Cl-].[Cl-].[Mn+2]. The van der Waals surface area contributed by atoms with E-state index in [9.17, 15) is 0 Å². The molecule has 0 spiro atoms. The Balaban J connectivity index is -0.000000123. The second-order valence-electron chi connectivity index (χ2n) is 7.37. The van der Waals surface area contributed by atoms with Gasteiger partial charge in [0, 0.05) is 117 Å². The average Bonchev–Trinajstić information content (AvgIpc) is 3.67. The minimum absolute atomic E-state index is 0. The van der Waals surface area contributed by atoms with Crippen molar-refractivity contribution in [3.8, 4) is 0 Å². The van der Waals surface area contributed by atoms with Gasteiger partial charge in [-0.05, 0) is 0 Å². The Labute approximate surface area is 264 Å². The van der Waals surface area contributed by atoms with E-state index in [4.69, 9.17) is 0 Å². The zero-order valence-electron chi connectivity index (χ0n) is 23.9. The number of halogens is 2. The van der Waals surface area contributed by atoms with Gasteiger partial charge in [-0.25, -0.2) is 29.9 Å². The third-order valence-corrected chi connectivity index (χ3v) is 3.82. The molecule has 0 saturated heterocycles. The van der Waals surface area contributed by atoms with Gasteiger partial charge in [-0.15, -0.1) is 0 Å². The first-order chi connectivity index (χ1) is 17.4. The Bertz CT molecular complexity index is 934. The molecule has 4 N–H and O–H groups in total. The molecule has 6 aromatic heterocycles. The summed E-state index contributed by atoms with van der Waals surface area (Å²) in [6.07, 6.45) is 32.3. The van der Waals surface area contributed by atoms with Crippen molar-refractivity contribution in [3.63, 3.8) is 0 Å². The summed E-state index contributed by atoms with van der Waals surface area (Å²) in [5.41, 5.74) is 0. The van der Waals surface area contributed by atoms with Gasteiger partial charge in [0.2, 0.25) is 0 Å². The van der Waals surface area contributed by atoms with Crippen LogP contribution in [0.4, 0.5) is 0 Å². The summed E-state index contributed by atoms with van der Waals surface area (Å²) in [6, 6.07) is 0. The van der Waals surface area contributed by atoms with Crippen LogP contribution in [0.25, 0.3) is 0 Å². The van der Waals surface area contributed by atoms with Gasteiger partial charge >= 0.3 is 17.1 Å². The number of hydrogen-bond donors (Lipinski definition) is 0. The maximum absolute atomic E-state index is 3.78. The van der Waals surface area contributed by atoms with E-state index in [1.807, 2.05) is 107 Å². The van der Waals surface area contributed by atoms with Gasteiger partial charge in [-0.2, -0.15) is 0 Å². The zero-order chi connectivity index (χ0) is 26.4. The Morgan fingerprint density at radius 2 is 0.439 bits per heavy atom. The molecule has 0 saturated carbocycles. The van der Waals surface area contributed by atoms with Crippen molar-refractivity contribution in [1.29, 1.82) is 0 Å². The Morgan fingerprint density at radius 3 is 0.463 bits per heavy atom. The molecule has 14 nitrogen and oxygen atoms in total. The molecule has 1 radical (unpaired) electrons. The predicted molar refractivity (Wildman–Crippen MR) is 146 cm³/mol. The van der Waals surface area contributed by atoms with Gasteiger partial charge < -0.3 is 63.2 Å². The number of rotatable bonds is 0. The van der Waals surface area contributed by atoms with Crippen LogP contribution in [0.1, 0.15) is 0 Å². The summed E-state index contributed by atoms with van der Waals surface area (Å²) < 4.78 is 11.3. The molecular formula is C24H40Cl2MnN12O2. The molecule has 0 bridgehead atoms. The maximum Gasteiger partial charge on any atom is 2.00 e. The molecule has 41 heavy (non-hydrogen) atoms. The van der Waals surface area contributed by atoms with E-state index in [-0.39, 0.29) is 52.8 Å². The zero-order valence-corrected chi connectivity index (χ0v) is 26.6. The number of hydrogen-bond acceptors (Lipinski definition) is 6. The van der Waals surface area contributed by atoms with Crippen LogP contribution in [0.3, 0.4) is 0 Å². The van der Waals surface area contributed by atoms with Crippen molar-refractivity contribution in [2.45, 2.75) is 0 Å². The second kappa shape index (κ2) is 30.8. The first-order valence-corrected chi connectivity index (χ1v) is 10.9. The summed E-state index contributed by atoms with van der Waals surface area (Å²) in [5.74, 6) is 0. The van der Waals surface area contributed by atoms with Crippen LogP contribution >= 0.6 is 0 Å². The van der Waals surface area contributed by atoms with Crippen LogP contribution in [0.5, 0.6) is 0 Å². The van der Waals surface area contributed by atoms with Gasteiger partial charge in [-0.3, -0.25) is 0 Å². The fourth-order valence-electron chi connectivity index (χ4n) is 1.95. The van der Waals surface area contributed by atoms with Crippen LogP contribution in [0.2, 0.25) is 0 Å². The molecule has 0 aromatic carbocycles. The van der Waals surface area contributed by atoms with Gasteiger partial charge in [0.1, 0.15) is 0 Å². The van der Waals surface area contributed by atoms with Crippen molar-refractivity contribution in [2.75, 3.05) is 0 Å². The Morgan fingerprint density at radius 1 is 0.317 bits per heavy atom. The van der Waals surface area contributed by atoms with E-state index in [1.54, 1.807) is 75.1 Å². The third-order valence-electron chi connectivity index (χ3n) is 3.82. The number of nitrogens with zero attached hydrogens (tertiary/aromatic N) is 12. The van der Waals surface area contributed by atoms with Crippen molar-refractivity contribution in [3.05, 3.63) is 112 Å². The molecule has 0 fully saturated rings. The van der Waals surface area contributed by atoms with Gasteiger partial charge in [0.25, 0.3) is 0 Å². The van der Waals surface area contributed by atoms with Crippen molar-refractivity contribution >= 4 is 0 Å². The average molecular weight is 655 g/mol. The Kier molecular flexibility index (Phi) is 35.4. The topological polar surface area (TPSA) is 170 Å². The van der Waals surface area contributed by atoms with Gasteiger partial charge in [0.15, 0.2) is 0 Å². The molecule has 6 rings (SSSR count). The van der Waals surface area contributed by atoms with Crippen molar-refractivity contribution < 1.29 is 52.8 Å². The third kappa shape index (κ3) is 29.1. The smallest absolute Gasteiger partial charge is 1.00 e. The molecule has 0 unspecified atom stereocenters. The first-order valence-electron chi connectivity index (χ1n) is 10.9. The van der Waals surface area contributed by atoms with E-state index in [2.05, 4.69) is 29.9 Å². The first kappa shape index (κ1) is 47.1. The van der Waals surface area contributed by atoms with Gasteiger partial charge in [-0.1, -0.05) is 0 Å². The normalized spacial score (nSPS) is 7.76. The summed E-state index contributed by atoms with van der Waals surface area (Å²) in [6.45, 7) is 0. The number of aryl methyl sites for hydroxylation is 6. The van der Waals surface area contributed by atoms with E-state index < -0.39 is 0 Å². The fraction of sp³-hybridized carbons (Fsp3) is 0.250. The van der Waals surface area contributed by atoms with E-state index in [0.29, 0.717) is 0 Å². The fourth-order valence-corrected chi connectivity index (χ4v) is 1.95. The predicted octanol–water partition coefficient (Wildman–Crippen LogP) is -5.12. The molecule has 0 aliphatic rings. The van der Waals surface area contributed by atoms with E-state index >= 15 is 0 Å². The van der Waals surface area contributed by atoms with Crippen LogP contribution in [0, 0.1) is 0 Å². The molecule has 6 heterocycles. The molecule has 0 aliphatic carbocycles. The molecule has 0 amide bonds. The van der Waals surface area contributed by atoms with Gasteiger partial charge in [0.05, 0.1) is 38.0 Å². The van der Waals surface area contributed by atoms with E-state index in [1.165, 1.54) is 0 Å². The Hall–Kier alpha value is -3.72.